The van der Waals surface area contributed by atoms with E-state index in [0.717, 1.165) is 24.9 Å². The van der Waals surface area contributed by atoms with Crippen LogP contribution < -0.4 is 14.4 Å². The molecular weight excluding hydrogens is 554 g/mol. The van der Waals surface area contributed by atoms with Gasteiger partial charge >= 0.3 is 5.97 Å². The number of unbranched alkanes of at least 4 members (excludes halogenated alkanes) is 2. The Morgan fingerprint density at radius 3 is 2.51 bits per heavy atom. The largest absolute Gasteiger partial charge is 0.748 e. The molecule has 0 amide bonds. The summed E-state index contributed by atoms with van der Waals surface area (Å²) in [4.78, 5) is 24.9. The van der Waals surface area contributed by atoms with Crippen LogP contribution >= 0.6 is 0 Å². The minimum Gasteiger partial charge on any atom is -0.748 e. The molecule has 1 N–H and O–H groups in total. The molecule has 41 heavy (non-hydrogen) atoms. The molecule has 0 radical (unpaired) electrons. The van der Waals surface area contributed by atoms with Gasteiger partial charge in [-0.05, 0) is 43.5 Å². The molecule has 3 rings (SSSR count). The summed E-state index contributed by atoms with van der Waals surface area (Å²) in [7, 11) is 1.16. The molecule has 0 aliphatic heterocycles. The first-order valence-corrected chi connectivity index (χ1v) is 14.6. The normalized spacial score (nSPS) is 11.8. The molecule has 0 saturated heterocycles. The lowest BCUT2D eigenvalue weighted by Gasteiger charge is -2.23. The van der Waals surface area contributed by atoms with E-state index in [1.165, 1.54) is 0 Å². The maximum atomic E-state index is 10.6. The average molecular weight is 592 g/mol. The number of benzene rings is 1. The Morgan fingerprint density at radius 2 is 1.88 bits per heavy atom. The molecule has 13 heteroatoms. The summed E-state index contributed by atoms with van der Waals surface area (Å²) < 4.78 is 45.6. The number of carboxylic acids is 2. The summed E-state index contributed by atoms with van der Waals surface area (Å²) in [5.41, 5.74) is 2.17. The van der Waals surface area contributed by atoms with E-state index in [1.54, 1.807) is 45.4 Å². The molecule has 224 valence electrons. The number of carbonyl (C=O) groups is 2. The predicted octanol–water partition coefficient (Wildman–Crippen LogP) is 1.69. The molecule has 0 aliphatic rings. The van der Waals surface area contributed by atoms with Crippen molar-refractivity contribution in [1.29, 1.82) is 0 Å². The van der Waals surface area contributed by atoms with Gasteiger partial charge in [-0.1, -0.05) is 0 Å². The van der Waals surface area contributed by atoms with Gasteiger partial charge in [0.05, 0.1) is 43.8 Å². The van der Waals surface area contributed by atoms with Crippen molar-refractivity contribution in [3.63, 3.8) is 0 Å². The zero-order valence-corrected chi connectivity index (χ0v) is 24.3. The number of ether oxygens (including phenoxy) is 1. The summed E-state index contributed by atoms with van der Waals surface area (Å²) in [5, 5.41) is 18.6. The van der Waals surface area contributed by atoms with Crippen LogP contribution in [0.2, 0.25) is 0 Å². The summed E-state index contributed by atoms with van der Waals surface area (Å²) in [6.45, 7) is 0.995. The molecule has 0 aliphatic carbocycles. The number of rotatable bonds is 15. The third-order valence-corrected chi connectivity index (χ3v) is 6.18. The second-order valence-electron chi connectivity index (χ2n) is 10.4. The Balaban J connectivity index is 0.000000642. The highest BCUT2D eigenvalue weighted by Gasteiger charge is 2.07. The molecule has 0 saturated carbocycles. The van der Waals surface area contributed by atoms with Gasteiger partial charge in [-0.25, -0.2) is 18.0 Å². The minimum absolute atomic E-state index is 0.0694. The van der Waals surface area contributed by atoms with Crippen molar-refractivity contribution in [3.8, 4) is 5.75 Å². The van der Waals surface area contributed by atoms with Crippen molar-refractivity contribution in [2.45, 2.75) is 38.6 Å². The predicted molar refractivity (Wildman–Crippen MR) is 148 cm³/mol. The topological polar surface area (TPSA) is 174 Å². The maximum Gasteiger partial charge on any atom is 0.303 e. The standard InChI is InChI=1S/C23H26N2O7S.C5H11NO2/c26-23(27)7-2-1-3-12-25-13-4-6-18(17-25)8-11-22-24-20-10-9-19(16-21(20)32-22)31-14-5-15-33(28,29)30;1-6(2,3)4-5(7)8/h4,6,8-11,13,16-17H,1-3,5,7,12,14-15H2,(H-,26,27,28,29,30);4H2,1-3H3/b11-8+;. The first kappa shape index (κ1) is 33.4. The van der Waals surface area contributed by atoms with E-state index in [-0.39, 0.29) is 26.0 Å². The number of quaternary nitrogens is 1. The van der Waals surface area contributed by atoms with Crippen LogP contribution in [0.5, 0.6) is 5.75 Å². The first-order valence-electron chi connectivity index (χ1n) is 13.1. The quantitative estimate of drug-likeness (QED) is 0.119. The van der Waals surface area contributed by atoms with E-state index in [1.807, 2.05) is 30.6 Å². The van der Waals surface area contributed by atoms with Crippen LogP contribution in [0.1, 0.15) is 43.6 Å². The number of likely N-dealkylation sites (N-methyl/N-ethyl adjacent to an activating group) is 1. The number of aryl methyl sites for hydroxylation is 1. The van der Waals surface area contributed by atoms with E-state index in [0.29, 0.717) is 33.6 Å². The first-order chi connectivity index (χ1) is 19.2. The smallest absolute Gasteiger partial charge is 0.303 e. The number of nitrogens with zero attached hydrogens (tertiary/aromatic N) is 3. The van der Waals surface area contributed by atoms with Gasteiger partial charge in [0.1, 0.15) is 24.4 Å². The summed E-state index contributed by atoms with van der Waals surface area (Å²) in [6, 6.07) is 9.04. The van der Waals surface area contributed by atoms with Crippen molar-refractivity contribution in [1.82, 2.24) is 4.98 Å². The third kappa shape index (κ3) is 15.0. The van der Waals surface area contributed by atoms with Gasteiger partial charge in [-0.15, -0.1) is 0 Å². The number of fused-ring (bicyclic) bond motifs is 1. The molecule has 1 aromatic carbocycles. The number of carbonyl (C=O) groups excluding carboxylic acids is 1. The fourth-order valence-corrected chi connectivity index (χ4v) is 4.06. The van der Waals surface area contributed by atoms with Crippen LogP contribution in [0.15, 0.2) is 47.1 Å². The van der Waals surface area contributed by atoms with Crippen LogP contribution in [0, 0.1) is 0 Å². The van der Waals surface area contributed by atoms with E-state index < -0.39 is 27.8 Å². The molecule has 0 spiro atoms. The highest BCUT2D eigenvalue weighted by Crippen LogP contribution is 2.23. The van der Waals surface area contributed by atoms with Gasteiger partial charge in [-0.3, -0.25) is 4.79 Å². The number of hydrogen-bond donors (Lipinski definition) is 1. The van der Waals surface area contributed by atoms with Gasteiger partial charge in [0, 0.05) is 42.4 Å². The highest BCUT2D eigenvalue weighted by atomic mass is 32.2. The van der Waals surface area contributed by atoms with Crippen molar-refractivity contribution < 1.29 is 51.0 Å². The van der Waals surface area contributed by atoms with E-state index in [2.05, 4.69) is 9.55 Å². The summed E-state index contributed by atoms with van der Waals surface area (Å²) in [5.74, 6) is -1.28. The van der Waals surface area contributed by atoms with Crippen molar-refractivity contribution in [2.24, 2.45) is 0 Å². The SMILES string of the molecule is C[N+](C)(C)CC(=O)[O-].O=C(O)CCCCC[n+]1cccc(/C=C/c2nc3ccc(OCCCS(=O)(=O)[O-])cc3o2)c1. The molecule has 2 aromatic heterocycles. The summed E-state index contributed by atoms with van der Waals surface area (Å²) in [6.07, 6.45) is 10.4. The molecule has 12 nitrogen and oxygen atoms in total. The van der Waals surface area contributed by atoms with Gasteiger partial charge in [0.25, 0.3) is 0 Å². The Labute approximate surface area is 239 Å². The molecule has 0 unspecified atom stereocenters. The van der Waals surface area contributed by atoms with Crippen molar-refractivity contribution >= 4 is 45.3 Å². The lowest BCUT2D eigenvalue weighted by molar-refractivity contribution is -0.864. The number of pyridine rings is 1. The van der Waals surface area contributed by atoms with Crippen molar-refractivity contribution in [3.05, 3.63) is 54.2 Å². The molecule has 0 fully saturated rings. The summed E-state index contributed by atoms with van der Waals surface area (Å²) >= 11 is 0. The van der Waals surface area contributed by atoms with Gasteiger partial charge in [0.15, 0.2) is 18.0 Å². The Morgan fingerprint density at radius 1 is 1.12 bits per heavy atom. The fraction of sp³-hybridized carbons (Fsp3) is 0.429. The van der Waals surface area contributed by atoms with Crippen molar-refractivity contribution in [2.75, 3.05) is 40.0 Å². The monoisotopic (exact) mass is 591 g/mol. The molecule has 2 heterocycles. The maximum absolute atomic E-state index is 10.6. The second-order valence-corrected chi connectivity index (χ2v) is 11.9. The Kier molecular flexibility index (Phi) is 12.9. The Hall–Kier alpha value is -3.81. The zero-order chi connectivity index (χ0) is 30.5. The van der Waals surface area contributed by atoms with Crippen LogP contribution in [0.3, 0.4) is 0 Å². The van der Waals surface area contributed by atoms with Gasteiger partial charge in [0.2, 0.25) is 5.89 Å². The van der Waals surface area contributed by atoms with Crippen LogP contribution in [0.25, 0.3) is 23.3 Å². The van der Waals surface area contributed by atoms with Gasteiger partial charge < -0.3 is 33.2 Å². The van der Waals surface area contributed by atoms with E-state index in [9.17, 15) is 27.7 Å². The van der Waals surface area contributed by atoms with Crippen LogP contribution in [-0.4, -0.2) is 79.5 Å². The molecule has 3 aromatic rings. The zero-order valence-electron chi connectivity index (χ0n) is 23.5. The fourth-order valence-electron chi connectivity index (χ4n) is 3.59. The van der Waals surface area contributed by atoms with E-state index >= 15 is 0 Å². The number of aliphatic carboxylic acids is 2. The highest BCUT2D eigenvalue weighted by molar-refractivity contribution is 7.85. The average Bonchev–Trinajstić information content (AvgIpc) is 3.26. The number of oxazole rings is 1. The van der Waals surface area contributed by atoms with Crippen LogP contribution in [-0.2, 0) is 26.3 Å². The third-order valence-electron chi connectivity index (χ3n) is 5.39. The number of hydrogen-bond acceptors (Lipinski definition) is 9. The number of aromatic nitrogens is 2. The lowest BCUT2D eigenvalue weighted by atomic mass is 10.2. The molecule has 0 bridgehead atoms. The van der Waals surface area contributed by atoms with Gasteiger partial charge in [-0.2, -0.15) is 0 Å². The van der Waals surface area contributed by atoms with Crippen LogP contribution in [0.4, 0.5) is 0 Å². The molecular formula is C28H37N3O9S. The number of carboxylic acid groups (broad SMARTS) is 2. The minimum atomic E-state index is -4.24. The van der Waals surface area contributed by atoms with E-state index in [4.69, 9.17) is 14.3 Å². The lowest BCUT2D eigenvalue weighted by Crippen LogP contribution is -2.45. The Bertz CT molecular complexity index is 1430. The second kappa shape index (κ2) is 15.8. The molecule has 0 atom stereocenters.